The van der Waals surface area contributed by atoms with Crippen LogP contribution in [0.25, 0.3) is 0 Å². The lowest BCUT2D eigenvalue weighted by atomic mass is 9.95. The summed E-state index contributed by atoms with van der Waals surface area (Å²) in [7, 11) is 0. The van der Waals surface area contributed by atoms with Gasteiger partial charge in [0.25, 0.3) is 10.9 Å². The highest BCUT2D eigenvalue weighted by Gasteiger charge is 2.30. The fraction of sp³-hybridized carbons (Fsp3) is 0.500. The number of hydrogen-bond acceptors (Lipinski definition) is 5. The molecule has 0 bridgehead atoms. The number of anilines is 3. The minimum Gasteiger partial charge on any atom is -0.377 e. The molecule has 1 saturated carbocycles. The monoisotopic (exact) mass is 357 g/mol. The molecule has 26 heavy (non-hydrogen) atoms. The topological polar surface area (TPSA) is 52.7 Å². The predicted octanol–water partition coefficient (Wildman–Crippen LogP) is 2.49. The first kappa shape index (κ1) is 17.1. The second kappa shape index (κ2) is 7.09. The maximum Gasteiger partial charge on any atom is 0.253 e. The molecule has 1 aliphatic heterocycles. The fourth-order valence-corrected chi connectivity index (χ4v) is 4.11. The van der Waals surface area contributed by atoms with E-state index in [0.29, 0.717) is 30.5 Å². The lowest BCUT2D eigenvalue weighted by Gasteiger charge is -2.38. The summed E-state index contributed by atoms with van der Waals surface area (Å²) in [5.74, 6) is -0.241. The molecular formula is C20H24FN3O2. The number of halogens is 1. The van der Waals surface area contributed by atoms with Crippen LogP contribution in [0.1, 0.15) is 32.1 Å². The highest BCUT2D eigenvalue weighted by Crippen LogP contribution is 2.27. The van der Waals surface area contributed by atoms with Crippen LogP contribution in [0.3, 0.4) is 0 Å². The van der Waals surface area contributed by atoms with Crippen molar-refractivity contribution in [1.29, 1.82) is 0 Å². The summed E-state index contributed by atoms with van der Waals surface area (Å²) in [6.45, 7) is 2.85. The summed E-state index contributed by atoms with van der Waals surface area (Å²) in [5, 5.41) is 3.34. The van der Waals surface area contributed by atoms with Crippen LogP contribution in [0.5, 0.6) is 0 Å². The molecule has 1 aliphatic carbocycles. The van der Waals surface area contributed by atoms with Gasteiger partial charge in [-0.1, -0.05) is 19.3 Å². The zero-order chi connectivity index (χ0) is 18.1. The second-order valence-electron chi connectivity index (χ2n) is 7.31. The molecule has 0 amide bonds. The highest BCUT2D eigenvalue weighted by molar-refractivity contribution is 5.76. The number of piperazine rings is 1. The van der Waals surface area contributed by atoms with E-state index in [9.17, 15) is 14.0 Å². The molecule has 0 atom stereocenters. The Morgan fingerprint density at radius 2 is 1.46 bits per heavy atom. The molecule has 6 heteroatoms. The van der Waals surface area contributed by atoms with E-state index >= 15 is 0 Å². The van der Waals surface area contributed by atoms with Crippen molar-refractivity contribution in [3.05, 3.63) is 50.5 Å². The van der Waals surface area contributed by atoms with Gasteiger partial charge in [0.1, 0.15) is 17.2 Å². The summed E-state index contributed by atoms with van der Waals surface area (Å²) in [6.07, 6.45) is 5.74. The molecule has 0 spiro atoms. The van der Waals surface area contributed by atoms with Gasteiger partial charge in [-0.25, -0.2) is 4.39 Å². The maximum atomic E-state index is 13.1. The van der Waals surface area contributed by atoms with E-state index < -0.39 is 0 Å². The van der Waals surface area contributed by atoms with Crippen LogP contribution in [0, 0.1) is 5.82 Å². The Kier molecular flexibility index (Phi) is 4.66. The first-order chi connectivity index (χ1) is 12.6. The first-order valence-electron chi connectivity index (χ1n) is 9.49. The Morgan fingerprint density at radius 1 is 0.846 bits per heavy atom. The van der Waals surface area contributed by atoms with Crippen molar-refractivity contribution in [1.82, 2.24) is 0 Å². The lowest BCUT2D eigenvalue weighted by molar-refractivity contribution is 0.462. The van der Waals surface area contributed by atoms with Gasteiger partial charge < -0.3 is 15.1 Å². The Morgan fingerprint density at radius 3 is 2.12 bits per heavy atom. The number of nitrogens with zero attached hydrogens (tertiary/aromatic N) is 2. The minimum atomic E-state index is -0.369. The Balaban J connectivity index is 1.43. The van der Waals surface area contributed by atoms with Crippen LogP contribution >= 0.6 is 0 Å². The van der Waals surface area contributed by atoms with E-state index in [4.69, 9.17) is 0 Å². The average Bonchev–Trinajstić information content (AvgIpc) is 2.69. The quantitative estimate of drug-likeness (QED) is 0.852. The van der Waals surface area contributed by atoms with E-state index in [1.165, 1.54) is 31.4 Å². The Labute approximate surface area is 152 Å². The van der Waals surface area contributed by atoms with E-state index in [0.717, 1.165) is 31.6 Å². The third-order valence-corrected chi connectivity index (χ3v) is 5.63. The third-order valence-electron chi connectivity index (χ3n) is 5.63. The Hall–Kier alpha value is -2.37. The molecule has 0 unspecified atom stereocenters. The summed E-state index contributed by atoms with van der Waals surface area (Å²) in [5.41, 5.74) is 1.35. The SMILES string of the molecule is O=c1c(NC2CCCCC2)c(N2CCN(c3ccc(F)cc3)CC2)c1=O. The largest absolute Gasteiger partial charge is 0.377 e. The maximum absolute atomic E-state index is 13.1. The van der Waals surface area contributed by atoms with Gasteiger partial charge in [0, 0.05) is 37.9 Å². The van der Waals surface area contributed by atoms with Crippen LogP contribution in [0.15, 0.2) is 33.9 Å². The number of hydrogen-bond donors (Lipinski definition) is 1. The zero-order valence-electron chi connectivity index (χ0n) is 14.8. The molecule has 2 fully saturated rings. The number of benzene rings is 1. The molecule has 4 rings (SSSR count). The van der Waals surface area contributed by atoms with Crippen molar-refractivity contribution >= 4 is 17.1 Å². The van der Waals surface area contributed by atoms with Crippen LogP contribution in [-0.4, -0.2) is 32.2 Å². The average molecular weight is 357 g/mol. The molecule has 2 aliphatic rings. The molecule has 0 radical (unpaired) electrons. The lowest BCUT2D eigenvalue weighted by Crippen LogP contribution is -2.52. The highest BCUT2D eigenvalue weighted by atomic mass is 19.1. The smallest absolute Gasteiger partial charge is 0.253 e. The van der Waals surface area contributed by atoms with Crippen LogP contribution < -0.4 is 26.0 Å². The summed E-state index contributed by atoms with van der Waals surface area (Å²) in [4.78, 5) is 28.4. The van der Waals surface area contributed by atoms with Crippen molar-refractivity contribution in [2.45, 2.75) is 38.1 Å². The van der Waals surface area contributed by atoms with Gasteiger partial charge in [0.05, 0.1) is 0 Å². The van der Waals surface area contributed by atoms with Gasteiger partial charge in [-0.3, -0.25) is 9.59 Å². The van der Waals surface area contributed by atoms with Gasteiger partial charge in [0.15, 0.2) is 0 Å². The van der Waals surface area contributed by atoms with Crippen molar-refractivity contribution in [2.24, 2.45) is 0 Å². The molecule has 1 N–H and O–H groups in total. The van der Waals surface area contributed by atoms with Crippen molar-refractivity contribution in [3.8, 4) is 0 Å². The van der Waals surface area contributed by atoms with Gasteiger partial charge >= 0.3 is 0 Å². The van der Waals surface area contributed by atoms with Crippen molar-refractivity contribution in [2.75, 3.05) is 41.3 Å². The molecule has 0 aromatic heterocycles. The summed E-state index contributed by atoms with van der Waals surface area (Å²) in [6, 6.07) is 6.79. The molecule has 2 aromatic carbocycles. The van der Waals surface area contributed by atoms with Crippen LogP contribution in [-0.2, 0) is 0 Å². The standard InChI is InChI=1S/C20H24FN3O2/c21-14-6-8-16(9-7-14)23-10-12-24(13-11-23)18-17(19(25)20(18)26)22-15-4-2-1-3-5-15/h6-9,15,22H,1-5,10-13H2. The van der Waals surface area contributed by atoms with E-state index in [-0.39, 0.29) is 16.7 Å². The summed E-state index contributed by atoms with van der Waals surface area (Å²) < 4.78 is 13.1. The molecule has 2 aromatic rings. The van der Waals surface area contributed by atoms with E-state index in [1.807, 2.05) is 4.90 Å². The van der Waals surface area contributed by atoms with Gasteiger partial charge in [0.2, 0.25) is 0 Å². The van der Waals surface area contributed by atoms with Gasteiger partial charge in [-0.2, -0.15) is 0 Å². The summed E-state index contributed by atoms with van der Waals surface area (Å²) >= 11 is 0. The van der Waals surface area contributed by atoms with Crippen molar-refractivity contribution in [3.63, 3.8) is 0 Å². The van der Waals surface area contributed by atoms with E-state index in [1.54, 1.807) is 12.1 Å². The predicted molar refractivity (Wildman–Crippen MR) is 103 cm³/mol. The molecule has 1 heterocycles. The normalized spacial score (nSPS) is 19.1. The number of rotatable bonds is 4. The third kappa shape index (κ3) is 3.20. The van der Waals surface area contributed by atoms with Gasteiger partial charge in [-0.15, -0.1) is 0 Å². The molecule has 138 valence electrons. The first-order valence-corrected chi connectivity index (χ1v) is 9.49. The molecule has 1 saturated heterocycles. The fourth-order valence-electron chi connectivity index (χ4n) is 4.11. The second-order valence-corrected chi connectivity index (χ2v) is 7.31. The number of nitrogens with one attached hydrogen (secondary N) is 1. The molecular weight excluding hydrogens is 333 g/mol. The Bertz CT molecular complexity index is 828. The van der Waals surface area contributed by atoms with Crippen LogP contribution in [0.4, 0.5) is 21.5 Å². The van der Waals surface area contributed by atoms with E-state index in [2.05, 4.69) is 10.2 Å². The van der Waals surface area contributed by atoms with Gasteiger partial charge in [-0.05, 0) is 37.1 Å². The zero-order valence-corrected chi connectivity index (χ0v) is 14.8. The molecule has 5 nitrogen and oxygen atoms in total. The van der Waals surface area contributed by atoms with Crippen LogP contribution in [0.2, 0.25) is 0 Å². The minimum absolute atomic E-state index is 0.241. The van der Waals surface area contributed by atoms with Crippen molar-refractivity contribution < 1.29 is 4.39 Å².